The molecule has 1 amide bonds. The highest BCUT2D eigenvalue weighted by atomic mass is 16.2. The summed E-state index contributed by atoms with van der Waals surface area (Å²) < 4.78 is 0. The molecule has 2 atom stereocenters. The van der Waals surface area contributed by atoms with Crippen molar-refractivity contribution < 1.29 is 4.79 Å². The quantitative estimate of drug-likeness (QED) is 0.549. The zero-order valence-electron chi connectivity index (χ0n) is 16.5. The summed E-state index contributed by atoms with van der Waals surface area (Å²) in [6.45, 7) is 2.04. The maximum Gasteiger partial charge on any atom is 0.258 e. The van der Waals surface area contributed by atoms with E-state index in [1.807, 2.05) is 96.8 Å². The molecule has 2 heterocycles. The second-order valence-corrected chi connectivity index (χ2v) is 7.29. The number of rotatable bonds is 4. The lowest BCUT2D eigenvalue weighted by molar-refractivity contribution is 0.0591. The minimum absolute atomic E-state index is 0.0278. The van der Waals surface area contributed by atoms with Crippen molar-refractivity contribution in [2.45, 2.75) is 19.1 Å². The van der Waals surface area contributed by atoms with Gasteiger partial charge in [0.15, 0.2) is 0 Å². The van der Waals surface area contributed by atoms with Crippen molar-refractivity contribution in [1.82, 2.24) is 19.9 Å². The fourth-order valence-electron chi connectivity index (χ4n) is 3.86. The number of aromatic nitrogens is 3. The number of nitrogens with zero attached hydrogens (tertiary/aromatic N) is 4. The van der Waals surface area contributed by atoms with Gasteiger partial charge in [-0.1, -0.05) is 60.7 Å². The number of amides is 1. The lowest BCUT2D eigenvalue weighted by Gasteiger charge is -2.40. The SMILES string of the molecule is C[C@@H](c1ccccc1)N1C(=O)c2ccccc2N[C@@H]1c1cnn(-c2ccccc2)n1. The normalized spacial score (nSPS) is 16.6. The molecule has 148 valence electrons. The van der Waals surface area contributed by atoms with E-state index in [-0.39, 0.29) is 11.9 Å². The van der Waals surface area contributed by atoms with Gasteiger partial charge in [0, 0.05) is 5.69 Å². The van der Waals surface area contributed by atoms with Crippen molar-refractivity contribution >= 4 is 11.6 Å². The van der Waals surface area contributed by atoms with Crippen molar-refractivity contribution in [1.29, 1.82) is 0 Å². The number of hydrogen-bond acceptors (Lipinski definition) is 4. The van der Waals surface area contributed by atoms with Crippen LogP contribution in [0.15, 0.2) is 91.1 Å². The summed E-state index contributed by atoms with van der Waals surface area (Å²) in [5, 5.41) is 12.6. The predicted molar refractivity (Wildman–Crippen MR) is 115 cm³/mol. The number of benzene rings is 3. The molecule has 0 aliphatic carbocycles. The number of fused-ring (bicyclic) bond motifs is 1. The van der Waals surface area contributed by atoms with E-state index in [9.17, 15) is 4.79 Å². The largest absolute Gasteiger partial charge is 0.359 e. The van der Waals surface area contributed by atoms with Gasteiger partial charge in [-0.3, -0.25) is 4.79 Å². The van der Waals surface area contributed by atoms with Crippen LogP contribution in [0, 0.1) is 0 Å². The molecular weight excluding hydrogens is 374 g/mol. The molecule has 6 nitrogen and oxygen atoms in total. The zero-order valence-corrected chi connectivity index (χ0v) is 16.5. The minimum Gasteiger partial charge on any atom is -0.359 e. The van der Waals surface area contributed by atoms with Crippen LogP contribution in [0.2, 0.25) is 0 Å². The van der Waals surface area contributed by atoms with Crippen LogP contribution in [0.4, 0.5) is 5.69 Å². The van der Waals surface area contributed by atoms with Gasteiger partial charge in [0.05, 0.1) is 23.5 Å². The minimum atomic E-state index is -0.430. The average molecular weight is 395 g/mol. The van der Waals surface area contributed by atoms with Crippen molar-refractivity contribution in [3.63, 3.8) is 0 Å². The molecular formula is C24H21N5O. The van der Waals surface area contributed by atoms with Crippen LogP contribution in [0.1, 0.15) is 40.7 Å². The van der Waals surface area contributed by atoms with E-state index in [4.69, 9.17) is 0 Å². The van der Waals surface area contributed by atoms with Crippen molar-refractivity contribution in [2.24, 2.45) is 0 Å². The first-order valence-corrected chi connectivity index (χ1v) is 9.93. The van der Waals surface area contributed by atoms with Gasteiger partial charge in [-0.2, -0.15) is 9.90 Å². The van der Waals surface area contributed by atoms with Gasteiger partial charge in [0.1, 0.15) is 11.9 Å². The maximum atomic E-state index is 13.5. The first-order chi connectivity index (χ1) is 14.7. The lowest BCUT2D eigenvalue weighted by atomic mass is 10.0. The summed E-state index contributed by atoms with van der Waals surface area (Å²) in [5.74, 6) is -0.0278. The van der Waals surface area contributed by atoms with Crippen molar-refractivity contribution in [3.8, 4) is 5.69 Å². The molecule has 1 aliphatic rings. The van der Waals surface area contributed by atoms with E-state index < -0.39 is 6.17 Å². The molecule has 0 spiro atoms. The Morgan fingerprint density at radius 2 is 1.57 bits per heavy atom. The molecule has 3 aromatic carbocycles. The third-order valence-corrected chi connectivity index (χ3v) is 5.44. The Labute approximate surface area is 174 Å². The number of carbonyl (C=O) groups is 1. The van der Waals surface area contributed by atoms with Crippen LogP contribution in [0.3, 0.4) is 0 Å². The maximum absolute atomic E-state index is 13.5. The second-order valence-electron chi connectivity index (χ2n) is 7.29. The average Bonchev–Trinajstić information content (AvgIpc) is 3.30. The first kappa shape index (κ1) is 18.1. The van der Waals surface area contributed by atoms with E-state index in [1.54, 1.807) is 11.0 Å². The van der Waals surface area contributed by atoms with Crippen LogP contribution in [-0.2, 0) is 0 Å². The van der Waals surface area contributed by atoms with Crippen LogP contribution >= 0.6 is 0 Å². The van der Waals surface area contributed by atoms with E-state index in [1.165, 1.54) is 0 Å². The molecule has 5 rings (SSSR count). The van der Waals surface area contributed by atoms with E-state index in [2.05, 4.69) is 15.5 Å². The number of carbonyl (C=O) groups excluding carboxylic acids is 1. The summed E-state index contributed by atoms with van der Waals surface area (Å²) in [4.78, 5) is 17.0. The van der Waals surface area contributed by atoms with Gasteiger partial charge in [-0.15, -0.1) is 5.10 Å². The fraction of sp³-hybridized carbons (Fsp3) is 0.125. The number of anilines is 1. The Kier molecular flexibility index (Phi) is 4.52. The summed E-state index contributed by atoms with van der Waals surface area (Å²) in [6, 6.07) is 27.2. The fourth-order valence-corrected chi connectivity index (χ4v) is 3.86. The van der Waals surface area contributed by atoms with E-state index >= 15 is 0 Å². The van der Waals surface area contributed by atoms with Crippen LogP contribution in [0.25, 0.3) is 5.69 Å². The number of nitrogens with one attached hydrogen (secondary N) is 1. The molecule has 0 unspecified atom stereocenters. The Hall–Kier alpha value is -3.93. The molecule has 0 fully saturated rings. The molecule has 0 radical (unpaired) electrons. The summed E-state index contributed by atoms with van der Waals surface area (Å²) in [6.07, 6.45) is 1.29. The lowest BCUT2D eigenvalue weighted by Crippen LogP contribution is -2.44. The molecule has 1 N–H and O–H groups in total. The monoisotopic (exact) mass is 395 g/mol. The van der Waals surface area contributed by atoms with Gasteiger partial charge in [0.25, 0.3) is 5.91 Å². The zero-order chi connectivity index (χ0) is 20.5. The predicted octanol–water partition coefficient (Wildman–Crippen LogP) is 4.60. The van der Waals surface area contributed by atoms with Gasteiger partial charge < -0.3 is 10.2 Å². The topological polar surface area (TPSA) is 63.1 Å². The highest BCUT2D eigenvalue weighted by molar-refractivity contribution is 6.01. The van der Waals surface area contributed by atoms with Crippen molar-refractivity contribution in [3.05, 3.63) is 108 Å². The van der Waals surface area contributed by atoms with E-state index in [0.29, 0.717) is 11.3 Å². The second kappa shape index (κ2) is 7.48. The summed E-state index contributed by atoms with van der Waals surface area (Å²) in [7, 11) is 0. The van der Waals surface area contributed by atoms with Gasteiger partial charge >= 0.3 is 0 Å². The molecule has 0 saturated carbocycles. The van der Waals surface area contributed by atoms with Crippen molar-refractivity contribution in [2.75, 3.05) is 5.32 Å². The van der Waals surface area contributed by atoms with Gasteiger partial charge in [-0.25, -0.2) is 0 Å². The molecule has 1 aromatic heterocycles. The Morgan fingerprint density at radius 3 is 2.33 bits per heavy atom. The molecule has 6 heteroatoms. The molecule has 0 bridgehead atoms. The first-order valence-electron chi connectivity index (χ1n) is 9.93. The van der Waals surface area contributed by atoms with Crippen LogP contribution in [0.5, 0.6) is 0 Å². The van der Waals surface area contributed by atoms with Gasteiger partial charge in [-0.05, 0) is 36.8 Å². The summed E-state index contributed by atoms with van der Waals surface area (Å²) in [5.41, 5.74) is 4.08. The van der Waals surface area contributed by atoms with Crippen LogP contribution < -0.4 is 5.32 Å². The molecule has 30 heavy (non-hydrogen) atoms. The molecule has 1 aliphatic heterocycles. The molecule has 4 aromatic rings. The smallest absolute Gasteiger partial charge is 0.258 e. The molecule has 0 saturated heterocycles. The third kappa shape index (κ3) is 3.12. The van der Waals surface area contributed by atoms with E-state index in [0.717, 1.165) is 16.9 Å². The van der Waals surface area contributed by atoms with Crippen LogP contribution in [-0.4, -0.2) is 25.8 Å². The number of para-hydroxylation sites is 2. The Bertz CT molecular complexity index is 1170. The highest BCUT2D eigenvalue weighted by Gasteiger charge is 2.37. The third-order valence-electron chi connectivity index (χ3n) is 5.44. The van der Waals surface area contributed by atoms with Gasteiger partial charge in [0.2, 0.25) is 0 Å². The highest BCUT2D eigenvalue weighted by Crippen LogP contribution is 2.38. The summed E-state index contributed by atoms with van der Waals surface area (Å²) >= 11 is 0. The standard InChI is InChI=1S/C24H21N5O/c1-17(18-10-4-2-5-11-18)28-23(26-21-15-9-8-14-20(21)24(28)30)22-16-25-29(27-22)19-12-6-3-7-13-19/h2-17,23,26H,1H3/t17-,23-/m0/s1. The number of hydrogen-bond donors (Lipinski definition) is 1. The Balaban J connectivity index is 1.58. The Morgan fingerprint density at radius 1 is 0.900 bits per heavy atom.